The Hall–Kier alpha value is -3.24. The number of carboxylic acids is 1. The van der Waals surface area contributed by atoms with E-state index in [9.17, 15) is 15.2 Å². The molecule has 2 atom stereocenters. The lowest BCUT2D eigenvalue weighted by molar-refractivity contribution is -0.138. The summed E-state index contributed by atoms with van der Waals surface area (Å²) in [5.41, 5.74) is 4.92. The minimum Gasteiger partial charge on any atom is -0.495 e. The first-order valence-corrected chi connectivity index (χ1v) is 11.4. The summed E-state index contributed by atoms with van der Waals surface area (Å²) in [7, 11) is 3.29. The van der Waals surface area contributed by atoms with Crippen LogP contribution in [0, 0.1) is 17.2 Å². The molecule has 0 spiro atoms. The van der Waals surface area contributed by atoms with Gasteiger partial charge in [-0.05, 0) is 35.4 Å². The standard InChI is InChI=1S/C26H28N2O5/c1-31-18-8-19(9-18)33-20-10-24(23(13-27)25(11-20)32-2)28-6-5-15-7-16(3-4-17(15)14-28)21-12-22(21)26(29)30/h3-4,7,10-11,18-19,21-22H,5-6,8-9,12,14H2,1-2H3,(H,29,30)/t18?,19?,21-,22+/m1/s1. The van der Waals surface area contributed by atoms with E-state index >= 15 is 0 Å². The Morgan fingerprint density at radius 2 is 1.94 bits per heavy atom. The number of rotatable bonds is 7. The van der Waals surface area contributed by atoms with E-state index < -0.39 is 5.97 Å². The van der Waals surface area contributed by atoms with Gasteiger partial charge >= 0.3 is 5.97 Å². The molecule has 172 valence electrons. The molecule has 0 unspecified atom stereocenters. The van der Waals surface area contributed by atoms with Crippen molar-refractivity contribution in [3.63, 3.8) is 0 Å². The summed E-state index contributed by atoms with van der Waals surface area (Å²) < 4.78 is 17.0. The molecule has 3 aliphatic rings. The Morgan fingerprint density at radius 3 is 2.61 bits per heavy atom. The summed E-state index contributed by atoms with van der Waals surface area (Å²) in [5.74, 6) is 0.408. The zero-order valence-corrected chi connectivity index (χ0v) is 18.9. The van der Waals surface area contributed by atoms with Gasteiger partial charge in [0.15, 0.2) is 0 Å². The number of benzene rings is 2. The number of carbonyl (C=O) groups is 1. The molecule has 33 heavy (non-hydrogen) atoms. The van der Waals surface area contributed by atoms with Crippen molar-refractivity contribution in [3.8, 4) is 17.6 Å². The van der Waals surface area contributed by atoms with E-state index in [1.807, 2.05) is 6.07 Å². The third kappa shape index (κ3) is 4.11. The normalized spacial score (nSPS) is 25.4. The van der Waals surface area contributed by atoms with E-state index in [-0.39, 0.29) is 24.0 Å². The number of carboxylic acid groups (broad SMARTS) is 1. The van der Waals surface area contributed by atoms with Crippen LogP contribution in [-0.2, 0) is 22.5 Å². The first-order valence-electron chi connectivity index (χ1n) is 11.4. The van der Waals surface area contributed by atoms with Gasteiger partial charge in [0.2, 0.25) is 0 Å². The van der Waals surface area contributed by atoms with Gasteiger partial charge in [0.1, 0.15) is 29.2 Å². The molecule has 2 aliphatic carbocycles. The summed E-state index contributed by atoms with van der Waals surface area (Å²) in [5, 5.41) is 19.1. The maximum Gasteiger partial charge on any atom is 0.307 e. The maximum absolute atomic E-state index is 11.2. The van der Waals surface area contributed by atoms with Crippen molar-refractivity contribution in [1.29, 1.82) is 5.26 Å². The van der Waals surface area contributed by atoms with Crippen molar-refractivity contribution in [2.45, 2.75) is 50.4 Å². The number of hydrogen-bond acceptors (Lipinski definition) is 6. The average Bonchev–Trinajstić information content (AvgIpc) is 3.61. The summed E-state index contributed by atoms with van der Waals surface area (Å²) >= 11 is 0. The predicted molar refractivity (Wildman–Crippen MR) is 122 cm³/mol. The van der Waals surface area contributed by atoms with Gasteiger partial charge < -0.3 is 24.2 Å². The van der Waals surface area contributed by atoms with E-state index in [1.165, 1.54) is 11.1 Å². The van der Waals surface area contributed by atoms with E-state index in [1.54, 1.807) is 20.3 Å². The van der Waals surface area contributed by atoms with Crippen LogP contribution >= 0.6 is 0 Å². The molecule has 7 heteroatoms. The van der Waals surface area contributed by atoms with Crippen molar-refractivity contribution in [2.75, 3.05) is 25.7 Å². The van der Waals surface area contributed by atoms with Gasteiger partial charge in [-0.25, -0.2) is 0 Å². The highest BCUT2D eigenvalue weighted by atomic mass is 16.5. The van der Waals surface area contributed by atoms with Crippen LogP contribution in [0.15, 0.2) is 30.3 Å². The Bertz CT molecular complexity index is 1120. The van der Waals surface area contributed by atoms with Crippen molar-refractivity contribution >= 4 is 11.7 Å². The Kier molecular flexibility index (Phi) is 5.63. The maximum atomic E-state index is 11.2. The Morgan fingerprint density at radius 1 is 1.12 bits per heavy atom. The van der Waals surface area contributed by atoms with E-state index in [0.29, 0.717) is 23.6 Å². The molecule has 0 bridgehead atoms. The molecule has 2 aromatic carbocycles. The lowest BCUT2D eigenvalue weighted by atomic mass is 9.92. The van der Waals surface area contributed by atoms with Crippen LogP contribution in [0.4, 0.5) is 5.69 Å². The first kappa shape index (κ1) is 21.6. The lowest BCUT2D eigenvalue weighted by Crippen LogP contribution is -2.38. The van der Waals surface area contributed by atoms with E-state index in [4.69, 9.17) is 14.2 Å². The number of hydrogen-bond donors (Lipinski definition) is 1. The molecule has 5 rings (SSSR count). The number of nitrogens with zero attached hydrogens (tertiary/aromatic N) is 2. The smallest absolute Gasteiger partial charge is 0.307 e. The second-order valence-corrected chi connectivity index (χ2v) is 9.19. The average molecular weight is 449 g/mol. The Balaban J connectivity index is 1.37. The number of methoxy groups -OCH3 is 2. The Labute approximate surface area is 193 Å². The van der Waals surface area contributed by atoms with Gasteiger partial charge in [-0.1, -0.05) is 18.2 Å². The fraction of sp³-hybridized carbons (Fsp3) is 0.462. The largest absolute Gasteiger partial charge is 0.495 e. The number of nitriles is 1. The van der Waals surface area contributed by atoms with Crippen LogP contribution in [0.2, 0.25) is 0 Å². The monoisotopic (exact) mass is 448 g/mol. The first-order chi connectivity index (χ1) is 16.0. The number of fused-ring (bicyclic) bond motifs is 1. The SMILES string of the molecule is COc1cc(OC2CC(OC)C2)cc(N2CCc3cc([C@H]4C[C@@H]4C(=O)O)ccc3C2)c1C#N. The van der Waals surface area contributed by atoms with Crippen LogP contribution in [0.3, 0.4) is 0 Å². The van der Waals surface area contributed by atoms with Gasteiger partial charge in [-0.2, -0.15) is 5.26 Å². The second-order valence-electron chi connectivity index (χ2n) is 9.19. The van der Waals surface area contributed by atoms with E-state index in [2.05, 4.69) is 29.2 Å². The van der Waals surface area contributed by atoms with Crippen molar-refractivity contribution in [3.05, 3.63) is 52.6 Å². The third-order valence-electron chi connectivity index (χ3n) is 7.19. The van der Waals surface area contributed by atoms with Crippen molar-refractivity contribution < 1.29 is 24.1 Å². The highest BCUT2D eigenvalue weighted by Gasteiger charge is 2.44. The lowest BCUT2D eigenvalue weighted by Gasteiger charge is -2.35. The van der Waals surface area contributed by atoms with Crippen molar-refractivity contribution in [2.24, 2.45) is 5.92 Å². The molecule has 2 fully saturated rings. The molecule has 1 N–H and O–H groups in total. The molecule has 2 aromatic rings. The fourth-order valence-corrected chi connectivity index (χ4v) is 5.01. The molecule has 0 aromatic heterocycles. The van der Waals surface area contributed by atoms with Crippen LogP contribution in [-0.4, -0.2) is 44.0 Å². The highest BCUT2D eigenvalue weighted by Crippen LogP contribution is 2.48. The minimum atomic E-state index is -0.705. The molecule has 1 heterocycles. The number of aliphatic carboxylic acids is 1. The summed E-state index contributed by atoms with van der Waals surface area (Å²) in [6.45, 7) is 1.44. The molecular formula is C26H28N2O5. The molecule has 2 saturated carbocycles. The van der Waals surface area contributed by atoms with Gasteiger partial charge in [0.25, 0.3) is 0 Å². The molecule has 0 radical (unpaired) electrons. The zero-order chi connectivity index (χ0) is 23.1. The zero-order valence-electron chi connectivity index (χ0n) is 18.9. The van der Waals surface area contributed by atoms with Crippen LogP contribution < -0.4 is 14.4 Å². The van der Waals surface area contributed by atoms with Crippen molar-refractivity contribution in [1.82, 2.24) is 0 Å². The van der Waals surface area contributed by atoms with Crippen LogP contribution in [0.1, 0.15) is 47.4 Å². The summed E-state index contributed by atoms with van der Waals surface area (Å²) in [6.07, 6.45) is 3.64. The molecule has 1 aliphatic heterocycles. The number of ether oxygens (including phenoxy) is 3. The quantitative estimate of drug-likeness (QED) is 0.687. The molecule has 7 nitrogen and oxygen atoms in total. The highest BCUT2D eigenvalue weighted by molar-refractivity contribution is 5.75. The fourth-order valence-electron chi connectivity index (χ4n) is 5.01. The number of anilines is 1. The van der Waals surface area contributed by atoms with Gasteiger partial charge in [-0.15, -0.1) is 0 Å². The molecule has 0 saturated heterocycles. The van der Waals surface area contributed by atoms with Crippen LogP contribution in [0.25, 0.3) is 0 Å². The molecular weight excluding hydrogens is 420 g/mol. The van der Waals surface area contributed by atoms with Crippen LogP contribution in [0.5, 0.6) is 11.5 Å². The van der Waals surface area contributed by atoms with Gasteiger partial charge in [-0.3, -0.25) is 4.79 Å². The molecule has 0 amide bonds. The summed E-state index contributed by atoms with van der Waals surface area (Å²) in [4.78, 5) is 13.4. The topological polar surface area (TPSA) is 92.0 Å². The predicted octanol–water partition coefficient (Wildman–Crippen LogP) is 3.87. The van der Waals surface area contributed by atoms with Gasteiger partial charge in [0, 0.05) is 45.2 Å². The second kappa shape index (κ2) is 8.60. The van der Waals surface area contributed by atoms with Gasteiger partial charge in [0.05, 0.1) is 24.8 Å². The minimum absolute atomic E-state index is 0.109. The summed E-state index contributed by atoms with van der Waals surface area (Å²) in [6, 6.07) is 12.4. The third-order valence-corrected chi connectivity index (χ3v) is 7.19. The van der Waals surface area contributed by atoms with E-state index in [0.717, 1.165) is 43.5 Å².